The number of carbonyl (C=O) groups excluding carboxylic acids is 1. The van der Waals surface area contributed by atoms with Gasteiger partial charge in [-0.3, -0.25) is 9.78 Å². The van der Waals surface area contributed by atoms with E-state index in [0.29, 0.717) is 17.7 Å². The van der Waals surface area contributed by atoms with Gasteiger partial charge in [-0.15, -0.1) is 0 Å². The van der Waals surface area contributed by atoms with Gasteiger partial charge >= 0.3 is 0 Å². The molecule has 0 aliphatic carbocycles. The predicted octanol–water partition coefficient (Wildman–Crippen LogP) is 5.32. The van der Waals surface area contributed by atoms with Crippen LogP contribution in [0.15, 0.2) is 85.1 Å². The molecule has 0 bridgehead atoms. The van der Waals surface area contributed by atoms with Crippen molar-refractivity contribution in [2.45, 2.75) is 19.4 Å². The summed E-state index contributed by atoms with van der Waals surface area (Å²) in [5.74, 6) is -0.499. The highest BCUT2D eigenvalue weighted by Gasteiger charge is 2.12. The monoisotopic (exact) mass is 414 g/mol. The molecule has 1 aromatic heterocycles. The number of aromatic nitrogens is 1. The van der Waals surface area contributed by atoms with E-state index in [1.54, 1.807) is 42.6 Å². The summed E-state index contributed by atoms with van der Waals surface area (Å²) < 4.78 is 20.4. The molecule has 0 fully saturated rings. The number of carbonyl (C=O) groups is 1. The predicted molar refractivity (Wildman–Crippen MR) is 120 cm³/mol. The van der Waals surface area contributed by atoms with E-state index in [4.69, 9.17) is 4.74 Å². The van der Waals surface area contributed by atoms with Gasteiger partial charge in [0.05, 0.1) is 12.1 Å². The molecule has 0 spiro atoms. The zero-order valence-electron chi connectivity index (χ0n) is 17.1. The third-order valence-corrected chi connectivity index (χ3v) is 5.06. The van der Waals surface area contributed by atoms with Crippen LogP contribution >= 0.6 is 0 Å². The lowest BCUT2D eigenvalue weighted by molar-refractivity contribution is 0.0950. The zero-order chi connectivity index (χ0) is 21.5. The fourth-order valence-electron chi connectivity index (χ4n) is 3.40. The summed E-state index contributed by atoms with van der Waals surface area (Å²) in [6.45, 7) is 0.504. The minimum atomic E-state index is -0.440. The van der Waals surface area contributed by atoms with Gasteiger partial charge in [-0.25, -0.2) is 4.39 Å². The Balaban J connectivity index is 1.33. The number of fused-ring (bicyclic) bond motifs is 1. The van der Waals surface area contributed by atoms with Gasteiger partial charge in [-0.2, -0.15) is 0 Å². The number of halogens is 1. The second kappa shape index (κ2) is 9.85. The Labute approximate surface area is 180 Å². The molecule has 4 rings (SSSR count). The molecule has 3 aromatic carbocycles. The van der Waals surface area contributed by atoms with E-state index in [2.05, 4.69) is 22.4 Å². The van der Waals surface area contributed by atoms with Gasteiger partial charge in [0.2, 0.25) is 0 Å². The van der Waals surface area contributed by atoms with Crippen LogP contribution in [-0.4, -0.2) is 17.5 Å². The zero-order valence-corrected chi connectivity index (χ0v) is 17.1. The number of hydrogen-bond acceptors (Lipinski definition) is 3. The average Bonchev–Trinajstić information content (AvgIpc) is 2.82. The number of nitrogens with one attached hydrogen (secondary N) is 1. The molecule has 0 aliphatic rings. The first-order chi connectivity index (χ1) is 15.2. The van der Waals surface area contributed by atoms with Gasteiger partial charge in [0.15, 0.2) is 11.6 Å². The molecule has 0 radical (unpaired) electrons. The standard InChI is InChI=1S/C26H23FN2O2/c27-25-22(10-4-12-24(25)31-16-6-9-19-7-2-1-3-8-19)18-29-26(30)21-13-14-23-20(17-21)11-5-15-28-23/h1-5,7-8,10-15,17H,6,9,16,18H2,(H,29,30). The molecule has 1 amide bonds. The van der Waals surface area contributed by atoms with Crippen molar-refractivity contribution in [3.8, 4) is 5.75 Å². The number of ether oxygens (including phenoxy) is 1. The van der Waals surface area contributed by atoms with Crippen molar-refractivity contribution in [1.82, 2.24) is 10.3 Å². The van der Waals surface area contributed by atoms with Crippen molar-refractivity contribution < 1.29 is 13.9 Å². The highest BCUT2D eigenvalue weighted by Crippen LogP contribution is 2.21. The summed E-state index contributed by atoms with van der Waals surface area (Å²) in [4.78, 5) is 16.8. The first kappa shape index (κ1) is 20.5. The van der Waals surface area contributed by atoms with Crippen molar-refractivity contribution >= 4 is 16.8 Å². The number of amides is 1. The van der Waals surface area contributed by atoms with Crippen molar-refractivity contribution in [3.63, 3.8) is 0 Å². The maximum Gasteiger partial charge on any atom is 0.251 e. The van der Waals surface area contributed by atoms with Crippen LogP contribution in [0.3, 0.4) is 0 Å². The third kappa shape index (κ3) is 5.25. The van der Waals surface area contributed by atoms with Crippen LogP contribution in [0.25, 0.3) is 10.9 Å². The number of pyridine rings is 1. The van der Waals surface area contributed by atoms with Crippen molar-refractivity contribution in [1.29, 1.82) is 0 Å². The van der Waals surface area contributed by atoms with E-state index in [9.17, 15) is 9.18 Å². The summed E-state index contributed by atoms with van der Waals surface area (Å²) in [7, 11) is 0. The quantitative estimate of drug-likeness (QED) is 0.397. The molecule has 31 heavy (non-hydrogen) atoms. The molecule has 0 saturated heterocycles. The molecule has 0 atom stereocenters. The second-order valence-electron chi connectivity index (χ2n) is 7.26. The summed E-state index contributed by atoms with van der Waals surface area (Å²) in [6, 6.07) is 24.1. The van der Waals surface area contributed by atoms with Gasteiger partial charge in [0.25, 0.3) is 5.91 Å². The van der Waals surface area contributed by atoms with Crippen LogP contribution in [-0.2, 0) is 13.0 Å². The highest BCUT2D eigenvalue weighted by molar-refractivity contribution is 5.97. The van der Waals surface area contributed by atoms with Crippen molar-refractivity contribution in [2.24, 2.45) is 0 Å². The van der Waals surface area contributed by atoms with E-state index in [1.165, 1.54) is 5.56 Å². The first-order valence-electron chi connectivity index (χ1n) is 10.3. The molecule has 0 unspecified atom stereocenters. The molecule has 1 N–H and O–H groups in total. The Bertz CT molecular complexity index is 1180. The molecular weight excluding hydrogens is 391 g/mol. The van der Waals surface area contributed by atoms with Gasteiger partial charge in [0.1, 0.15) is 0 Å². The lowest BCUT2D eigenvalue weighted by Crippen LogP contribution is -2.23. The maximum absolute atomic E-state index is 14.8. The summed E-state index contributed by atoms with van der Waals surface area (Å²) in [5, 5.41) is 3.66. The minimum absolute atomic E-state index is 0.0803. The van der Waals surface area contributed by atoms with Gasteiger partial charge in [0, 0.05) is 29.3 Å². The number of hydrogen-bond donors (Lipinski definition) is 1. The molecular formula is C26H23FN2O2. The Hall–Kier alpha value is -3.73. The topological polar surface area (TPSA) is 51.2 Å². The van der Waals surface area contributed by atoms with Gasteiger partial charge < -0.3 is 10.1 Å². The molecule has 0 saturated carbocycles. The molecule has 156 valence electrons. The molecule has 0 aliphatic heterocycles. The summed E-state index contributed by atoms with van der Waals surface area (Å²) >= 11 is 0. The second-order valence-corrected chi connectivity index (χ2v) is 7.26. The first-order valence-corrected chi connectivity index (χ1v) is 10.3. The number of nitrogens with zero attached hydrogens (tertiary/aromatic N) is 1. The van der Waals surface area contributed by atoms with Crippen LogP contribution < -0.4 is 10.1 Å². The molecule has 4 nitrogen and oxygen atoms in total. The fourth-order valence-corrected chi connectivity index (χ4v) is 3.40. The largest absolute Gasteiger partial charge is 0.490 e. The molecule has 5 heteroatoms. The fraction of sp³-hybridized carbons (Fsp3) is 0.154. The van der Waals surface area contributed by atoms with Crippen LogP contribution in [0.2, 0.25) is 0 Å². The molecule has 4 aromatic rings. The Morgan fingerprint density at radius 2 is 1.84 bits per heavy atom. The lowest BCUT2D eigenvalue weighted by atomic mass is 10.1. The summed E-state index contributed by atoms with van der Waals surface area (Å²) in [6.07, 6.45) is 3.38. The van der Waals surface area contributed by atoms with Crippen molar-refractivity contribution in [2.75, 3.05) is 6.61 Å². The summed E-state index contributed by atoms with van der Waals surface area (Å²) in [5.41, 5.74) is 2.94. The Morgan fingerprint density at radius 3 is 2.71 bits per heavy atom. The number of rotatable bonds is 8. The van der Waals surface area contributed by atoms with Crippen LogP contribution in [0.5, 0.6) is 5.75 Å². The average molecular weight is 414 g/mol. The third-order valence-electron chi connectivity index (χ3n) is 5.06. The molecule has 1 heterocycles. The Kier molecular flexibility index (Phi) is 6.53. The van der Waals surface area contributed by atoms with Crippen LogP contribution in [0.1, 0.15) is 27.9 Å². The van der Waals surface area contributed by atoms with Crippen molar-refractivity contribution in [3.05, 3.63) is 108 Å². The number of aryl methyl sites for hydroxylation is 1. The minimum Gasteiger partial charge on any atom is -0.490 e. The van der Waals surface area contributed by atoms with E-state index >= 15 is 0 Å². The van der Waals surface area contributed by atoms with Crippen LogP contribution in [0, 0.1) is 5.82 Å². The number of benzene rings is 3. The highest BCUT2D eigenvalue weighted by atomic mass is 19.1. The van der Waals surface area contributed by atoms with E-state index < -0.39 is 5.82 Å². The van der Waals surface area contributed by atoms with Crippen LogP contribution in [0.4, 0.5) is 4.39 Å². The van der Waals surface area contributed by atoms with Gasteiger partial charge in [-0.1, -0.05) is 48.5 Å². The lowest BCUT2D eigenvalue weighted by Gasteiger charge is -2.11. The normalized spacial score (nSPS) is 10.7. The smallest absolute Gasteiger partial charge is 0.251 e. The van der Waals surface area contributed by atoms with E-state index in [0.717, 1.165) is 23.7 Å². The van der Waals surface area contributed by atoms with E-state index in [-0.39, 0.29) is 18.2 Å². The van der Waals surface area contributed by atoms with E-state index in [1.807, 2.05) is 30.3 Å². The SMILES string of the molecule is O=C(NCc1cccc(OCCCc2ccccc2)c1F)c1ccc2ncccc2c1. The maximum atomic E-state index is 14.8. The van der Waals surface area contributed by atoms with Gasteiger partial charge in [-0.05, 0) is 48.7 Å². The Morgan fingerprint density at radius 1 is 0.968 bits per heavy atom.